The van der Waals surface area contributed by atoms with E-state index in [1.807, 2.05) is 0 Å². The Bertz CT molecular complexity index is 559. The molecular weight excluding hydrogens is 552 g/mol. The number of hydrogen-bond donors (Lipinski definition) is 0. The predicted octanol–water partition coefficient (Wildman–Crippen LogP) is 14.6. The minimum atomic E-state index is -0.322. The molecule has 3 nitrogen and oxygen atoms in total. The summed E-state index contributed by atoms with van der Waals surface area (Å²) >= 11 is 0. The number of ether oxygens (including phenoxy) is 1. The van der Waals surface area contributed by atoms with Gasteiger partial charge in [0.1, 0.15) is 0 Å². The third kappa shape index (κ3) is 39.2. The molecule has 0 unspecified atom stereocenters. The Hall–Kier alpha value is -0.860. The van der Waals surface area contributed by atoms with Crippen LogP contribution in [0.2, 0.25) is 0 Å². The highest BCUT2D eigenvalue weighted by Crippen LogP contribution is 2.17. The van der Waals surface area contributed by atoms with Crippen molar-refractivity contribution in [2.75, 3.05) is 0 Å². The second-order valence-electron chi connectivity index (χ2n) is 15.3. The van der Waals surface area contributed by atoms with Gasteiger partial charge >= 0.3 is 11.9 Å². The first-order valence-corrected chi connectivity index (χ1v) is 20.6. The van der Waals surface area contributed by atoms with E-state index in [1.165, 1.54) is 180 Å². The standard InChI is InChI=1S/C42H82O3/c1-39(2)35-31-27-23-19-15-11-7-5-9-13-17-21-25-29-33-37-41(43)45-42(44)38-34-30-26-22-18-14-10-6-8-12-16-20-24-28-32-36-40(3)4/h39-40H,5-38H2,1-4H3. The topological polar surface area (TPSA) is 43.4 Å². The fraction of sp³-hybridized carbons (Fsp3) is 0.952. The minimum absolute atomic E-state index is 0.322. The number of hydrogen-bond acceptors (Lipinski definition) is 3. The highest BCUT2D eigenvalue weighted by Gasteiger charge is 2.10. The highest BCUT2D eigenvalue weighted by atomic mass is 16.6. The number of carbonyl (C=O) groups excluding carboxylic acids is 2. The normalized spacial score (nSPS) is 11.6. The molecule has 0 aliphatic rings. The fourth-order valence-electron chi connectivity index (χ4n) is 6.47. The van der Waals surface area contributed by atoms with E-state index in [4.69, 9.17) is 4.74 Å². The maximum Gasteiger partial charge on any atom is 0.313 e. The van der Waals surface area contributed by atoms with Gasteiger partial charge in [-0.2, -0.15) is 0 Å². The van der Waals surface area contributed by atoms with Gasteiger partial charge < -0.3 is 4.74 Å². The van der Waals surface area contributed by atoms with E-state index in [2.05, 4.69) is 27.7 Å². The Balaban J connectivity index is 3.27. The van der Waals surface area contributed by atoms with Crippen molar-refractivity contribution < 1.29 is 14.3 Å². The molecule has 0 radical (unpaired) electrons. The van der Waals surface area contributed by atoms with E-state index in [-0.39, 0.29) is 11.9 Å². The van der Waals surface area contributed by atoms with Gasteiger partial charge in [0.2, 0.25) is 0 Å². The first kappa shape index (κ1) is 44.1. The summed E-state index contributed by atoms with van der Waals surface area (Å²) in [5.74, 6) is 1.08. The van der Waals surface area contributed by atoms with Gasteiger partial charge in [0, 0.05) is 12.8 Å². The van der Waals surface area contributed by atoms with Gasteiger partial charge in [-0.15, -0.1) is 0 Å². The molecule has 0 amide bonds. The van der Waals surface area contributed by atoms with Crippen LogP contribution in [-0.2, 0) is 14.3 Å². The van der Waals surface area contributed by atoms with Gasteiger partial charge in [-0.25, -0.2) is 0 Å². The van der Waals surface area contributed by atoms with Crippen LogP contribution in [0, 0.1) is 11.8 Å². The van der Waals surface area contributed by atoms with Gasteiger partial charge in [-0.05, 0) is 24.7 Å². The second-order valence-corrected chi connectivity index (χ2v) is 15.3. The van der Waals surface area contributed by atoms with Crippen LogP contribution in [0.4, 0.5) is 0 Å². The van der Waals surface area contributed by atoms with E-state index >= 15 is 0 Å². The smallest absolute Gasteiger partial charge is 0.313 e. The molecule has 0 aliphatic heterocycles. The van der Waals surface area contributed by atoms with Gasteiger partial charge in [-0.1, -0.05) is 220 Å². The molecule has 0 aliphatic carbocycles. The lowest BCUT2D eigenvalue weighted by Gasteiger charge is -2.05. The number of carbonyl (C=O) groups is 2. The van der Waals surface area contributed by atoms with E-state index in [0.29, 0.717) is 12.8 Å². The molecule has 0 atom stereocenters. The van der Waals surface area contributed by atoms with Crippen LogP contribution in [0.15, 0.2) is 0 Å². The fourth-order valence-corrected chi connectivity index (χ4v) is 6.47. The summed E-state index contributed by atoms with van der Waals surface area (Å²) in [6.07, 6.45) is 43.1. The van der Waals surface area contributed by atoms with Gasteiger partial charge in [0.15, 0.2) is 0 Å². The van der Waals surface area contributed by atoms with Crippen molar-refractivity contribution >= 4 is 11.9 Å². The van der Waals surface area contributed by atoms with E-state index in [0.717, 1.165) is 37.5 Å². The SMILES string of the molecule is CC(C)CCCCCCCCCCCCCCCCCC(=O)OC(=O)CCCCCCCCCCCCCCCCCC(C)C. The zero-order valence-electron chi connectivity index (χ0n) is 31.4. The number of esters is 2. The molecule has 3 heteroatoms. The van der Waals surface area contributed by atoms with Crippen LogP contribution in [0.3, 0.4) is 0 Å². The lowest BCUT2D eigenvalue weighted by atomic mass is 10.0. The Kier molecular flexibility index (Phi) is 35.3. The average Bonchev–Trinajstić information content (AvgIpc) is 2.99. The second kappa shape index (κ2) is 36.0. The molecule has 0 saturated carbocycles. The molecule has 0 N–H and O–H groups in total. The predicted molar refractivity (Wildman–Crippen MR) is 198 cm³/mol. The van der Waals surface area contributed by atoms with Crippen molar-refractivity contribution in [3.05, 3.63) is 0 Å². The summed E-state index contributed by atoms with van der Waals surface area (Å²) in [6.45, 7) is 9.30. The van der Waals surface area contributed by atoms with Gasteiger partial charge in [0.25, 0.3) is 0 Å². The highest BCUT2D eigenvalue weighted by molar-refractivity contribution is 5.85. The van der Waals surface area contributed by atoms with Crippen LogP contribution in [-0.4, -0.2) is 11.9 Å². The monoisotopic (exact) mass is 635 g/mol. The van der Waals surface area contributed by atoms with Crippen molar-refractivity contribution in [1.29, 1.82) is 0 Å². The van der Waals surface area contributed by atoms with Crippen LogP contribution in [0.5, 0.6) is 0 Å². The van der Waals surface area contributed by atoms with Crippen molar-refractivity contribution in [1.82, 2.24) is 0 Å². The molecule has 0 fully saturated rings. The number of rotatable bonds is 36. The van der Waals surface area contributed by atoms with Crippen molar-refractivity contribution in [2.24, 2.45) is 11.8 Å². The molecule has 0 bridgehead atoms. The zero-order chi connectivity index (χ0) is 33.1. The molecule has 268 valence electrons. The molecule has 0 aromatic carbocycles. The lowest BCUT2D eigenvalue weighted by molar-refractivity contribution is -0.159. The first-order valence-electron chi connectivity index (χ1n) is 20.6. The molecule has 0 aromatic heterocycles. The van der Waals surface area contributed by atoms with Crippen LogP contribution in [0.1, 0.15) is 246 Å². The molecule has 0 spiro atoms. The third-order valence-corrected chi connectivity index (χ3v) is 9.55. The molecule has 45 heavy (non-hydrogen) atoms. The van der Waals surface area contributed by atoms with Crippen molar-refractivity contribution in [3.63, 3.8) is 0 Å². The zero-order valence-corrected chi connectivity index (χ0v) is 31.4. The Morgan fingerprint density at radius 1 is 0.311 bits per heavy atom. The molecule has 0 rings (SSSR count). The summed E-state index contributed by atoms with van der Waals surface area (Å²) in [5.41, 5.74) is 0. The molecular formula is C42H82O3. The maximum atomic E-state index is 12.0. The van der Waals surface area contributed by atoms with E-state index in [1.54, 1.807) is 0 Å². The van der Waals surface area contributed by atoms with E-state index in [9.17, 15) is 9.59 Å². The Morgan fingerprint density at radius 2 is 0.489 bits per heavy atom. The first-order chi connectivity index (χ1) is 21.9. The maximum absolute atomic E-state index is 12.0. The summed E-state index contributed by atoms with van der Waals surface area (Å²) in [4.78, 5) is 23.9. The van der Waals surface area contributed by atoms with Gasteiger partial charge in [0.05, 0.1) is 0 Å². The third-order valence-electron chi connectivity index (χ3n) is 9.55. The average molecular weight is 635 g/mol. The van der Waals surface area contributed by atoms with Crippen molar-refractivity contribution in [3.8, 4) is 0 Å². The summed E-state index contributed by atoms with van der Waals surface area (Å²) in [7, 11) is 0. The molecule has 0 heterocycles. The van der Waals surface area contributed by atoms with Crippen LogP contribution >= 0.6 is 0 Å². The quantitative estimate of drug-likeness (QED) is 0.0391. The summed E-state index contributed by atoms with van der Waals surface area (Å²) in [5, 5.41) is 0. The number of unbranched alkanes of at least 4 members (excludes halogenated alkanes) is 28. The Labute approximate surface area is 283 Å². The van der Waals surface area contributed by atoms with Gasteiger partial charge in [-0.3, -0.25) is 9.59 Å². The minimum Gasteiger partial charge on any atom is -0.393 e. The van der Waals surface area contributed by atoms with Crippen molar-refractivity contribution in [2.45, 2.75) is 246 Å². The Morgan fingerprint density at radius 3 is 0.689 bits per heavy atom. The lowest BCUT2D eigenvalue weighted by Crippen LogP contribution is -2.11. The molecule has 0 aromatic rings. The van der Waals surface area contributed by atoms with E-state index < -0.39 is 0 Å². The summed E-state index contributed by atoms with van der Waals surface area (Å²) < 4.78 is 5.04. The van der Waals surface area contributed by atoms with Crippen LogP contribution < -0.4 is 0 Å². The molecule has 0 saturated heterocycles. The summed E-state index contributed by atoms with van der Waals surface area (Å²) in [6, 6.07) is 0. The van der Waals surface area contributed by atoms with Crippen LogP contribution in [0.25, 0.3) is 0 Å². The largest absolute Gasteiger partial charge is 0.393 e.